The number of aliphatic hydroxyl groups excluding tert-OH is 16. The summed E-state index contributed by atoms with van der Waals surface area (Å²) >= 11 is 0. The van der Waals surface area contributed by atoms with Gasteiger partial charge in [-0.15, -0.1) is 0 Å². The molecule has 25 atom stereocenters. The number of aliphatic hydroxyl groups is 16. The predicted molar refractivity (Wildman–Crippen MR) is 178 cm³/mol. The zero-order valence-electron chi connectivity index (χ0n) is 31.2. The Bertz CT molecular complexity index is 1320. The highest BCUT2D eigenvalue weighted by Gasteiger charge is 2.58. The van der Waals surface area contributed by atoms with E-state index in [1.54, 1.807) is 0 Å². The maximum absolute atomic E-state index is 12.8. The highest BCUT2D eigenvalue weighted by atomic mass is 16.8. The molecule has 0 saturated carbocycles. The molecule has 17 N–H and O–H groups in total. The van der Waals surface area contributed by atoms with Crippen LogP contribution in [-0.2, 0) is 47.4 Å². The number of carbonyl (C=O) groups excluding carboxylic acids is 1. The minimum atomic E-state index is -2.15. The molecule has 0 radical (unpaired) electrons. The zero-order valence-corrected chi connectivity index (χ0v) is 31.2. The molecule has 27 heteroatoms. The molecule has 27 nitrogen and oxygen atoms in total. The number of amides is 1. The molecule has 5 saturated heterocycles. The average Bonchev–Trinajstić information content (AvgIpc) is 3.21. The summed E-state index contributed by atoms with van der Waals surface area (Å²) in [4.78, 5) is 12.8. The van der Waals surface area contributed by atoms with Gasteiger partial charge in [0.15, 0.2) is 31.5 Å². The van der Waals surface area contributed by atoms with Gasteiger partial charge in [0.05, 0.1) is 33.0 Å². The molecule has 5 fully saturated rings. The molecule has 0 aromatic rings. The van der Waals surface area contributed by atoms with Crippen molar-refractivity contribution in [1.29, 1.82) is 0 Å². The minimum absolute atomic E-state index is 0.867. The number of hydrogen-bond acceptors (Lipinski definition) is 26. The lowest BCUT2D eigenvalue weighted by atomic mass is 9.93. The Labute approximate surface area is 333 Å². The summed E-state index contributed by atoms with van der Waals surface area (Å²) in [6.45, 7) is -3.72. The third kappa shape index (κ3) is 10.2. The summed E-state index contributed by atoms with van der Waals surface area (Å²) in [6, 6.07) is -1.80. The van der Waals surface area contributed by atoms with Crippen LogP contribution in [0.4, 0.5) is 0 Å². The molecule has 59 heavy (non-hydrogen) atoms. The van der Waals surface area contributed by atoms with Gasteiger partial charge in [-0.2, -0.15) is 0 Å². The molecule has 5 heterocycles. The van der Waals surface area contributed by atoms with Crippen LogP contribution in [0.1, 0.15) is 6.92 Å². The van der Waals surface area contributed by atoms with E-state index in [4.69, 9.17) is 42.6 Å². The summed E-state index contributed by atoms with van der Waals surface area (Å²) in [5, 5.41) is 169. The molecular weight excluding hydrogens is 814 g/mol. The largest absolute Gasteiger partial charge is 0.394 e. The third-order valence-corrected chi connectivity index (χ3v) is 10.7. The van der Waals surface area contributed by atoms with Crippen LogP contribution in [0.25, 0.3) is 0 Å². The maximum Gasteiger partial charge on any atom is 0.217 e. The molecular formula is C32H55NO26. The van der Waals surface area contributed by atoms with Gasteiger partial charge in [-0.3, -0.25) is 4.79 Å². The first-order valence-corrected chi connectivity index (χ1v) is 18.6. The van der Waals surface area contributed by atoms with Gasteiger partial charge in [-0.05, 0) is 0 Å². The van der Waals surface area contributed by atoms with Crippen LogP contribution in [0.5, 0.6) is 0 Å². The van der Waals surface area contributed by atoms with Crippen LogP contribution >= 0.6 is 0 Å². The SMILES string of the molecule is CC(=O)N[C@H]1[C@H](O[C@H]2[C@@H](O)[C@@H](CO)O[C@@H](O[C@H]3[C@H](O)[C@@H](O)C(O)O[C@@H]3CO)[C@@H]2O)O[C@H](CO)[C@@H](O[C@@H]2O[C@H](CO)[C@H](O)[C@H](O)[C@H]2O)[C@@H]1O[C@@H]1O[C@H](CO)[C@H](O)[C@H](O)[C@H]1O. The number of nitrogens with one attached hydrogen (secondary N) is 1. The monoisotopic (exact) mass is 869 g/mol. The molecule has 0 aromatic carbocycles. The molecule has 1 unspecified atom stereocenters. The Hall–Kier alpha value is -1.53. The fourth-order valence-corrected chi connectivity index (χ4v) is 7.42. The van der Waals surface area contributed by atoms with Gasteiger partial charge in [0.1, 0.15) is 122 Å². The van der Waals surface area contributed by atoms with E-state index in [1.807, 2.05) is 0 Å². The second kappa shape index (κ2) is 20.8. The molecule has 0 bridgehead atoms. The van der Waals surface area contributed by atoms with Crippen molar-refractivity contribution in [3.8, 4) is 0 Å². The van der Waals surface area contributed by atoms with Crippen LogP contribution in [0.3, 0.4) is 0 Å². The second-order valence-corrected chi connectivity index (χ2v) is 14.7. The Balaban J connectivity index is 1.50. The van der Waals surface area contributed by atoms with Gasteiger partial charge in [-0.1, -0.05) is 0 Å². The van der Waals surface area contributed by atoms with Crippen LogP contribution in [-0.4, -0.2) is 274 Å². The molecule has 0 aliphatic carbocycles. The fraction of sp³-hybridized carbons (Fsp3) is 0.969. The fourth-order valence-electron chi connectivity index (χ4n) is 7.42. The van der Waals surface area contributed by atoms with Crippen LogP contribution in [0, 0.1) is 0 Å². The highest BCUT2D eigenvalue weighted by Crippen LogP contribution is 2.37. The van der Waals surface area contributed by atoms with E-state index < -0.39 is 192 Å². The van der Waals surface area contributed by atoms with E-state index >= 15 is 0 Å². The van der Waals surface area contributed by atoms with Crippen LogP contribution in [0.2, 0.25) is 0 Å². The van der Waals surface area contributed by atoms with Crippen LogP contribution in [0.15, 0.2) is 0 Å². The van der Waals surface area contributed by atoms with E-state index in [0.29, 0.717) is 0 Å². The molecule has 5 rings (SSSR count). The third-order valence-electron chi connectivity index (χ3n) is 10.7. The summed E-state index contributed by atoms with van der Waals surface area (Å²) < 4.78 is 51.1. The van der Waals surface area contributed by atoms with Gasteiger partial charge in [0.25, 0.3) is 0 Å². The van der Waals surface area contributed by atoms with E-state index in [9.17, 15) is 86.5 Å². The van der Waals surface area contributed by atoms with Crippen molar-refractivity contribution in [1.82, 2.24) is 5.32 Å². The second-order valence-electron chi connectivity index (χ2n) is 14.7. The Kier molecular flexibility index (Phi) is 17.1. The van der Waals surface area contributed by atoms with Crippen molar-refractivity contribution in [3.05, 3.63) is 0 Å². The normalized spacial score (nSPS) is 51.0. The highest BCUT2D eigenvalue weighted by molar-refractivity contribution is 5.73. The lowest BCUT2D eigenvalue weighted by molar-refractivity contribution is -0.392. The first-order valence-electron chi connectivity index (χ1n) is 18.6. The smallest absolute Gasteiger partial charge is 0.217 e. The quantitative estimate of drug-likeness (QED) is 0.0770. The Morgan fingerprint density at radius 2 is 0.797 bits per heavy atom. The molecule has 5 aliphatic rings. The lowest BCUT2D eigenvalue weighted by Crippen LogP contribution is -2.71. The Morgan fingerprint density at radius 3 is 1.27 bits per heavy atom. The van der Waals surface area contributed by atoms with Crippen molar-refractivity contribution >= 4 is 5.91 Å². The maximum atomic E-state index is 12.8. The molecule has 1 amide bonds. The van der Waals surface area contributed by atoms with Crippen molar-refractivity contribution in [2.75, 3.05) is 33.0 Å². The summed E-state index contributed by atoms with van der Waals surface area (Å²) in [6.07, 6.45) is -45.3. The zero-order chi connectivity index (χ0) is 43.6. The van der Waals surface area contributed by atoms with Gasteiger partial charge in [-0.25, -0.2) is 0 Å². The number of carbonyl (C=O) groups is 1. The molecule has 0 aromatic heterocycles. The van der Waals surface area contributed by atoms with Gasteiger partial charge >= 0.3 is 0 Å². The predicted octanol–water partition coefficient (Wildman–Crippen LogP) is -11.8. The topological polar surface area (TPSA) is 436 Å². The molecule has 0 spiro atoms. The van der Waals surface area contributed by atoms with E-state index in [1.165, 1.54) is 0 Å². The number of rotatable bonds is 14. The van der Waals surface area contributed by atoms with Crippen molar-refractivity contribution in [2.24, 2.45) is 0 Å². The Morgan fingerprint density at radius 1 is 0.407 bits per heavy atom. The van der Waals surface area contributed by atoms with Gasteiger partial charge in [0.2, 0.25) is 5.91 Å². The van der Waals surface area contributed by atoms with Crippen LogP contribution < -0.4 is 5.32 Å². The molecule has 344 valence electrons. The first kappa shape index (κ1) is 48.5. The van der Waals surface area contributed by atoms with Crippen molar-refractivity contribution < 1.29 is 129 Å². The standard InChI is InChI=1S/C32H55NO26/c1-7(39)33-13-26(58-31-22(48)18(44)15(41)9(3-35)53-31)25(57-30-21(47)17(43)14(40)8(2-34)52-30)12(6-38)55-29(13)59-27-16(42)10(4-36)54-32(23(27)49)56-24-11(5-37)51-28(50)20(46)19(24)45/h8-32,34-38,40-50H,2-6H2,1H3,(H,33,39)/t8-,9-,10-,11-,12-,13-,14+,15+,16+,17+,18+,19-,20-,21-,22-,23-,24-,25-,26-,27+,28?,29+,30+,31+,32+/m1/s1. The van der Waals surface area contributed by atoms with Gasteiger partial charge in [0, 0.05) is 6.92 Å². The summed E-state index contributed by atoms with van der Waals surface area (Å²) in [5.41, 5.74) is 0. The van der Waals surface area contributed by atoms with E-state index in [2.05, 4.69) is 5.32 Å². The van der Waals surface area contributed by atoms with Crippen molar-refractivity contribution in [2.45, 2.75) is 160 Å². The van der Waals surface area contributed by atoms with E-state index in [0.717, 1.165) is 6.92 Å². The summed E-state index contributed by atoms with van der Waals surface area (Å²) in [7, 11) is 0. The number of ether oxygens (including phenoxy) is 9. The minimum Gasteiger partial charge on any atom is -0.394 e. The molecule has 5 aliphatic heterocycles. The number of hydrogen-bond donors (Lipinski definition) is 17. The first-order chi connectivity index (χ1) is 27.9. The summed E-state index contributed by atoms with van der Waals surface area (Å²) in [5.74, 6) is -0.867. The van der Waals surface area contributed by atoms with E-state index in [-0.39, 0.29) is 0 Å². The van der Waals surface area contributed by atoms with Gasteiger partial charge < -0.3 is 130 Å². The average molecular weight is 870 g/mol. The lowest BCUT2D eigenvalue weighted by Gasteiger charge is -2.51. The van der Waals surface area contributed by atoms with Crippen molar-refractivity contribution in [3.63, 3.8) is 0 Å².